The molecule has 0 spiro atoms. The minimum atomic E-state index is -1.52. The average Bonchev–Trinajstić information content (AvgIpc) is 2.35. The fraction of sp³-hybridized carbons (Fsp3) is 0.333. The second-order valence-electron chi connectivity index (χ2n) is 6.69. The minimum Gasteiger partial charge on any atom is -0.126 e. The van der Waals surface area contributed by atoms with Crippen LogP contribution in [0.15, 0.2) is 42.5 Å². The molecule has 19 heavy (non-hydrogen) atoms. The topological polar surface area (TPSA) is 0 Å². The van der Waals surface area contributed by atoms with E-state index in [0.29, 0.717) is 5.04 Å². The molecule has 0 aliphatic carbocycles. The van der Waals surface area contributed by atoms with Gasteiger partial charge in [0.15, 0.2) is 0 Å². The lowest BCUT2D eigenvalue weighted by atomic mass is 10.1. The Morgan fingerprint density at radius 1 is 0.895 bits per heavy atom. The number of benzene rings is 2. The first-order chi connectivity index (χ1) is 8.79. The Balaban J connectivity index is 2.38. The lowest BCUT2D eigenvalue weighted by molar-refractivity contribution is 0.731. The van der Waals surface area contributed by atoms with Gasteiger partial charge in [-0.15, -0.1) is 5.54 Å². The molecule has 0 heterocycles. The second-order valence-corrected chi connectivity index (χ2v) is 11.7. The summed E-state index contributed by atoms with van der Waals surface area (Å²) in [5, 5.41) is 2.86. The predicted octanol–water partition coefficient (Wildman–Crippen LogP) is 5.24. The number of rotatable bonds is 0. The smallest absolute Gasteiger partial charge is 0.126 e. The van der Waals surface area contributed by atoms with Gasteiger partial charge in [0.05, 0.1) is 0 Å². The monoisotopic (exact) mass is 266 g/mol. The number of fused-ring (bicyclic) bond motifs is 1. The van der Waals surface area contributed by atoms with Crippen LogP contribution in [0.2, 0.25) is 18.1 Å². The van der Waals surface area contributed by atoms with Gasteiger partial charge in [-0.05, 0) is 27.9 Å². The highest BCUT2D eigenvalue weighted by Crippen LogP contribution is 2.35. The van der Waals surface area contributed by atoms with Crippen molar-refractivity contribution in [2.24, 2.45) is 0 Å². The van der Waals surface area contributed by atoms with E-state index in [0.717, 1.165) is 5.56 Å². The van der Waals surface area contributed by atoms with Gasteiger partial charge >= 0.3 is 0 Å². The minimum absolute atomic E-state index is 0.316. The van der Waals surface area contributed by atoms with Gasteiger partial charge in [-0.2, -0.15) is 0 Å². The van der Waals surface area contributed by atoms with Gasteiger partial charge in [0.1, 0.15) is 8.07 Å². The molecule has 98 valence electrons. The Bertz CT molecular complexity index is 648. The molecule has 0 atom stereocenters. The lowest BCUT2D eigenvalue weighted by Gasteiger charge is -2.31. The third-order valence-electron chi connectivity index (χ3n) is 4.14. The molecule has 0 fully saturated rings. The molecule has 0 aliphatic heterocycles. The maximum atomic E-state index is 3.57. The number of hydrogen-bond acceptors (Lipinski definition) is 0. The predicted molar refractivity (Wildman–Crippen MR) is 88.0 cm³/mol. The summed E-state index contributed by atoms with van der Waals surface area (Å²) in [7, 11) is -1.52. The van der Waals surface area contributed by atoms with E-state index < -0.39 is 8.07 Å². The van der Waals surface area contributed by atoms with Crippen molar-refractivity contribution in [3.63, 3.8) is 0 Å². The van der Waals surface area contributed by atoms with Crippen LogP contribution in [0.25, 0.3) is 10.8 Å². The summed E-state index contributed by atoms with van der Waals surface area (Å²) < 4.78 is 0. The first kappa shape index (κ1) is 13.9. The molecular weight excluding hydrogens is 244 g/mol. The zero-order chi connectivity index (χ0) is 14.1. The maximum absolute atomic E-state index is 3.57. The zero-order valence-electron chi connectivity index (χ0n) is 12.5. The summed E-state index contributed by atoms with van der Waals surface area (Å²) in [5.41, 5.74) is 4.70. The fourth-order valence-electron chi connectivity index (χ4n) is 1.68. The van der Waals surface area contributed by atoms with Gasteiger partial charge < -0.3 is 0 Å². The second kappa shape index (κ2) is 4.87. The molecule has 2 aromatic rings. The van der Waals surface area contributed by atoms with Gasteiger partial charge in [0.2, 0.25) is 0 Å². The Hall–Kier alpha value is -1.52. The number of hydrogen-bond donors (Lipinski definition) is 0. The summed E-state index contributed by atoms with van der Waals surface area (Å²) in [4.78, 5) is 0. The van der Waals surface area contributed by atoms with Crippen LogP contribution in [-0.2, 0) is 0 Å². The van der Waals surface area contributed by atoms with E-state index in [1.807, 2.05) is 0 Å². The van der Waals surface area contributed by atoms with E-state index >= 15 is 0 Å². The summed E-state index contributed by atoms with van der Waals surface area (Å²) in [6.45, 7) is 11.6. The third kappa shape index (κ3) is 3.08. The third-order valence-corrected chi connectivity index (χ3v) is 8.64. The normalized spacial score (nSPS) is 12.1. The standard InChI is InChI=1S/C18H22Si/c1-18(2,3)19(4,5)13-12-15-10-11-16-8-6-7-9-17(16)14-15/h6-11,14H,1-5H3. The summed E-state index contributed by atoms with van der Waals surface area (Å²) in [6, 6.07) is 14.9. The van der Waals surface area contributed by atoms with Crippen molar-refractivity contribution in [2.75, 3.05) is 0 Å². The first-order valence-corrected chi connectivity index (χ1v) is 9.82. The van der Waals surface area contributed by atoms with Gasteiger partial charge in [0, 0.05) is 5.56 Å². The zero-order valence-corrected chi connectivity index (χ0v) is 13.5. The summed E-state index contributed by atoms with van der Waals surface area (Å²) in [6.07, 6.45) is 0. The van der Waals surface area contributed by atoms with Crippen molar-refractivity contribution >= 4 is 18.8 Å². The van der Waals surface area contributed by atoms with E-state index in [4.69, 9.17) is 0 Å². The van der Waals surface area contributed by atoms with Gasteiger partial charge in [-0.1, -0.05) is 70.1 Å². The first-order valence-electron chi connectivity index (χ1n) is 6.82. The van der Waals surface area contributed by atoms with Crippen molar-refractivity contribution in [2.45, 2.75) is 38.9 Å². The summed E-state index contributed by atoms with van der Waals surface area (Å²) >= 11 is 0. The van der Waals surface area contributed by atoms with E-state index in [1.165, 1.54) is 10.8 Å². The molecule has 0 saturated carbocycles. The molecule has 2 rings (SSSR count). The van der Waals surface area contributed by atoms with E-state index in [-0.39, 0.29) is 0 Å². The van der Waals surface area contributed by atoms with E-state index in [1.54, 1.807) is 0 Å². The van der Waals surface area contributed by atoms with Crippen LogP contribution in [0.1, 0.15) is 26.3 Å². The Kier molecular flexibility index (Phi) is 3.56. The fourth-order valence-corrected chi connectivity index (χ4v) is 2.51. The highest BCUT2D eigenvalue weighted by molar-refractivity contribution is 6.87. The molecule has 0 radical (unpaired) electrons. The van der Waals surface area contributed by atoms with Crippen LogP contribution in [0.5, 0.6) is 0 Å². The van der Waals surface area contributed by atoms with Crippen LogP contribution < -0.4 is 0 Å². The molecule has 0 bridgehead atoms. The van der Waals surface area contributed by atoms with Crippen molar-refractivity contribution in [1.29, 1.82) is 0 Å². The van der Waals surface area contributed by atoms with Gasteiger partial charge in [0.25, 0.3) is 0 Å². The largest absolute Gasteiger partial charge is 0.138 e. The summed E-state index contributed by atoms with van der Waals surface area (Å²) in [5.74, 6) is 3.40. The molecule has 0 aromatic heterocycles. The quantitative estimate of drug-likeness (QED) is 0.452. The molecular formula is C18H22Si. The van der Waals surface area contributed by atoms with Crippen molar-refractivity contribution in [3.8, 4) is 11.5 Å². The highest BCUT2D eigenvalue weighted by Gasteiger charge is 2.33. The molecule has 2 aromatic carbocycles. The SMILES string of the molecule is CC(C)(C)[Si](C)(C)C#Cc1ccc2ccccc2c1. The van der Waals surface area contributed by atoms with Crippen LogP contribution in [0, 0.1) is 11.5 Å². The Morgan fingerprint density at radius 2 is 1.53 bits per heavy atom. The molecule has 0 aliphatic rings. The molecule has 1 heteroatoms. The van der Waals surface area contributed by atoms with E-state index in [2.05, 4.69) is 87.8 Å². The van der Waals surface area contributed by atoms with Crippen LogP contribution in [-0.4, -0.2) is 8.07 Å². The van der Waals surface area contributed by atoms with Crippen molar-refractivity contribution in [1.82, 2.24) is 0 Å². The van der Waals surface area contributed by atoms with Gasteiger partial charge in [-0.3, -0.25) is 0 Å². The molecule has 0 saturated heterocycles. The van der Waals surface area contributed by atoms with Crippen molar-refractivity contribution in [3.05, 3.63) is 48.0 Å². The lowest BCUT2D eigenvalue weighted by Crippen LogP contribution is -2.35. The van der Waals surface area contributed by atoms with Gasteiger partial charge in [-0.25, -0.2) is 0 Å². The molecule has 0 unspecified atom stereocenters. The molecule has 0 amide bonds. The van der Waals surface area contributed by atoms with Crippen molar-refractivity contribution < 1.29 is 0 Å². The van der Waals surface area contributed by atoms with E-state index in [9.17, 15) is 0 Å². The average molecular weight is 266 g/mol. The van der Waals surface area contributed by atoms with Crippen LogP contribution >= 0.6 is 0 Å². The molecule has 0 nitrogen and oxygen atoms in total. The molecule has 0 N–H and O–H groups in total. The maximum Gasteiger partial charge on any atom is 0.138 e. The Labute approximate surface area is 117 Å². The Morgan fingerprint density at radius 3 is 2.16 bits per heavy atom. The van der Waals surface area contributed by atoms with Crippen LogP contribution in [0.4, 0.5) is 0 Å². The highest BCUT2D eigenvalue weighted by atomic mass is 28.3. The van der Waals surface area contributed by atoms with Crippen LogP contribution in [0.3, 0.4) is 0 Å².